The molecule has 0 aliphatic heterocycles. The lowest BCUT2D eigenvalue weighted by Gasteiger charge is -2.34. The van der Waals surface area contributed by atoms with Gasteiger partial charge in [-0.05, 0) is 42.5 Å². The third kappa shape index (κ3) is 4.59. The van der Waals surface area contributed by atoms with E-state index in [0.29, 0.717) is 13.0 Å². The van der Waals surface area contributed by atoms with Gasteiger partial charge in [0.25, 0.3) is 0 Å². The van der Waals surface area contributed by atoms with Crippen molar-refractivity contribution in [2.45, 2.75) is 53.2 Å². The topological polar surface area (TPSA) is 29.5 Å². The van der Waals surface area contributed by atoms with E-state index < -0.39 is 6.10 Å². The normalized spacial score (nSPS) is 15.3. The first-order valence-corrected chi connectivity index (χ1v) is 6.80. The smallest absolute Gasteiger partial charge is 0.123 e. The molecule has 1 aromatic carbocycles. The van der Waals surface area contributed by atoms with Gasteiger partial charge in [-0.25, -0.2) is 4.39 Å². The number of hydrogen-bond acceptors (Lipinski definition) is 2. The van der Waals surface area contributed by atoms with E-state index in [1.54, 1.807) is 6.07 Å². The highest BCUT2D eigenvalue weighted by atomic mass is 19.1. The molecule has 0 spiro atoms. The molecule has 1 aromatic rings. The Hall–Kier alpha value is -0.930. The maximum absolute atomic E-state index is 13.1. The zero-order valence-electron chi connectivity index (χ0n) is 12.5. The molecule has 0 heterocycles. The second-order valence-corrected chi connectivity index (χ2v) is 6.08. The largest absolute Gasteiger partial charge is 0.390 e. The monoisotopic (exact) mass is 268 g/mol. The molecule has 0 aromatic heterocycles. The average molecular weight is 268 g/mol. The van der Waals surface area contributed by atoms with E-state index in [-0.39, 0.29) is 17.3 Å². The standard InChI is InChI=1S/C16H25FO2/c1-6-19-15(16(3,4)5)14(18)10-12-7-8-13(17)9-11(12)2/h7-9,14-15,18H,6,10H2,1-5H3. The van der Waals surface area contributed by atoms with E-state index in [9.17, 15) is 9.50 Å². The number of aryl methyl sites for hydroxylation is 1. The summed E-state index contributed by atoms with van der Waals surface area (Å²) in [6.07, 6.45) is -0.348. The molecule has 2 atom stereocenters. The Morgan fingerprint density at radius 3 is 2.42 bits per heavy atom. The lowest BCUT2D eigenvalue weighted by atomic mass is 9.83. The van der Waals surface area contributed by atoms with Crippen molar-refractivity contribution in [2.24, 2.45) is 5.41 Å². The highest BCUT2D eigenvalue weighted by Crippen LogP contribution is 2.27. The van der Waals surface area contributed by atoms with Gasteiger partial charge in [0.15, 0.2) is 0 Å². The van der Waals surface area contributed by atoms with Crippen LogP contribution in [0.5, 0.6) is 0 Å². The van der Waals surface area contributed by atoms with Gasteiger partial charge in [-0.2, -0.15) is 0 Å². The van der Waals surface area contributed by atoms with Crippen molar-refractivity contribution in [3.63, 3.8) is 0 Å². The summed E-state index contributed by atoms with van der Waals surface area (Å²) in [6.45, 7) is 10.5. The Labute approximate surface area is 115 Å². The first kappa shape index (κ1) is 16.1. The number of halogens is 1. The van der Waals surface area contributed by atoms with E-state index in [1.165, 1.54) is 12.1 Å². The van der Waals surface area contributed by atoms with E-state index in [1.807, 2.05) is 34.6 Å². The fraction of sp³-hybridized carbons (Fsp3) is 0.625. The van der Waals surface area contributed by atoms with Crippen LogP contribution in [-0.2, 0) is 11.2 Å². The molecule has 0 amide bonds. The van der Waals surface area contributed by atoms with Crippen LogP contribution < -0.4 is 0 Å². The zero-order valence-corrected chi connectivity index (χ0v) is 12.5. The van der Waals surface area contributed by atoms with Gasteiger partial charge in [0.1, 0.15) is 5.82 Å². The molecule has 0 aliphatic carbocycles. The molecule has 3 heteroatoms. The van der Waals surface area contributed by atoms with Gasteiger partial charge >= 0.3 is 0 Å². The van der Waals surface area contributed by atoms with Crippen LogP contribution in [0.2, 0.25) is 0 Å². The van der Waals surface area contributed by atoms with Crippen LogP contribution in [0.15, 0.2) is 18.2 Å². The average Bonchev–Trinajstić information content (AvgIpc) is 2.28. The van der Waals surface area contributed by atoms with Crippen molar-refractivity contribution in [2.75, 3.05) is 6.61 Å². The van der Waals surface area contributed by atoms with Gasteiger partial charge in [-0.1, -0.05) is 26.8 Å². The summed E-state index contributed by atoms with van der Waals surface area (Å²) in [5, 5.41) is 10.4. The predicted molar refractivity (Wildman–Crippen MR) is 75.7 cm³/mol. The first-order chi connectivity index (χ1) is 8.75. The second-order valence-electron chi connectivity index (χ2n) is 6.08. The fourth-order valence-corrected chi connectivity index (χ4v) is 2.34. The van der Waals surface area contributed by atoms with Gasteiger partial charge in [0.2, 0.25) is 0 Å². The molecule has 2 nitrogen and oxygen atoms in total. The van der Waals surface area contributed by atoms with Crippen LogP contribution in [0.3, 0.4) is 0 Å². The minimum Gasteiger partial charge on any atom is -0.390 e. The van der Waals surface area contributed by atoms with Crippen molar-refractivity contribution in [1.29, 1.82) is 0 Å². The third-order valence-electron chi connectivity index (χ3n) is 3.28. The highest BCUT2D eigenvalue weighted by molar-refractivity contribution is 5.27. The number of benzene rings is 1. The first-order valence-electron chi connectivity index (χ1n) is 6.80. The molecule has 19 heavy (non-hydrogen) atoms. The minimum atomic E-state index is -0.593. The van der Waals surface area contributed by atoms with Crippen LogP contribution >= 0.6 is 0 Å². The predicted octanol–water partition coefficient (Wildman–Crippen LogP) is 3.49. The van der Waals surface area contributed by atoms with Crippen LogP contribution in [0.25, 0.3) is 0 Å². The lowest BCUT2D eigenvalue weighted by molar-refractivity contribution is -0.0874. The summed E-state index contributed by atoms with van der Waals surface area (Å²) in [5.74, 6) is -0.243. The Balaban J connectivity index is 2.84. The Morgan fingerprint density at radius 2 is 1.95 bits per heavy atom. The van der Waals surface area contributed by atoms with Gasteiger partial charge in [-0.15, -0.1) is 0 Å². The highest BCUT2D eigenvalue weighted by Gasteiger charge is 2.32. The Morgan fingerprint density at radius 1 is 1.32 bits per heavy atom. The molecule has 0 aliphatic rings. The van der Waals surface area contributed by atoms with Gasteiger partial charge in [-0.3, -0.25) is 0 Å². The van der Waals surface area contributed by atoms with E-state index in [4.69, 9.17) is 4.74 Å². The number of aliphatic hydroxyl groups is 1. The van der Waals surface area contributed by atoms with Crippen LogP contribution in [0.4, 0.5) is 4.39 Å². The van der Waals surface area contributed by atoms with Crippen LogP contribution in [0.1, 0.15) is 38.8 Å². The van der Waals surface area contributed by atoms with Crippen molar-refractivity contribution in [3.8, 4) is 0 Å². The van der Waals surface area contributed by atoms with E-state index >= 15 is 0 Å². The summed E-state index contributed by atoms with van der Waals surface area (Å²) in [5.41, 5.74) is 1.69. The Bertz CT molecular complexity index is 410. The molecule has 1 rings (SSSR count). The zero-order chi connectivity index (χ0) is 14.6. The molecule has 0 radical (unpaired) electrons. The quantitative estimate of drug-likeness (QED) is 0.885. The van der Waals surface area contributed by atoms with E-state index in [2.05, 4.69) is 0 Å². The number of rotatable bonds is 5. The molecule has 2 unspecified atom stereocenters. The molecule has 0 saturated heterocycles. The van der Waals surface area contributed by atoms with Crippen molar-refractivity contribution >= 4 is 0 Å². The summed E-state index contributed by atoms with van der Waals surface area (Å²) in [7, 11) is 0. The third-order valence-corrected chi connectivity index (χ3v) is 3.28. The molecular weight excluding hydrogens is 243 g/mol. The summed E-state index contributed by atoms with van der Waals surface area (Å²) in [6, 6.07) is 4.66. The maximum Gasteiger partial charge on any atom is 0.123 e. The lowest BCUT2D eigenvalue weighted by Crippen LogP contribution is -2.41. The molecule has 0 bridgehead atoms. The fourth-order valence-electron chi connectivity index (χ4n) is 2.34. The molecule has 1 N–H and O–H groups in total. The summed E-state index contributed by atoms with van der Waals surface area (Å²) < 4.78 is 18.7. The second kappa shape index (κ2) is 6.49. The summed E-state index contributed by atoms with van der Waals surface area (Å²) in [4.78, 5) is 0. The summed E-state index contributed by atoms with van der Waals surface area (Å²) >= 11 is 0. The Kier molecular flexibility index (Phi) is 5.50. The van der Waals surface area contributed by atoms with Crippen LogP contribution in [0, 0.1) is 18.2 Å². The number of ether oxygens (including phenoxy) is 1. The molecular formula is C16H25FO2. The van der Waals surface area contributed by atoms with Crippen LogP contribution in [-0.4, -0.2) is 23.9 Å². The number of hydrogen-bond donors (Lipinski definition) is 1. The van der Waals surface area contributed by atoms with Crippen molar-refractivity contribution in [3.05, 3.63) is 35.1 Å². The van der Waals surface area contributed by atoms with Gasteiger partial charge in [0, 0.05) is 13.0 Å². The minimum absolute atomic E-state index is 0.136. The molecule has 0 saturated carbocycles. The van der Waals surface area contributed by atoms with Crippen molar-refractivity contribution in [1.82, 2.24) is 0 Å². The van der Waals surface area contributed by atoms with E-state index in [0.717, 1.165) is 11.1 Å². The SMILES string of the molecule is CCOC(C(O)Cc1ccc(F)cc1C)C(C)(C)C. The van der Waals surface area contributed by atoms with Crippen molar-refractivity contribution < 1.29 is 14.2 Å². The number of aliphatic hydroxyl groups excluding tert-OH is 1. The van der Waals surface area contributed by atoms with Gasteiger partial charge in [0.05, 0.1) is 12.2 Å². The maximum atomic E-state index is 13.1. The molecule has 0 fully saturated rings. The molecule has 108 valence electrons. The van der Waals surface area contributed by atoms with Gasteiger partial charge < -0.3 is 9.84 Å².